The van der Waals surface area contributed by atoms with E-state index < -0.39 is 5.41 Å². The van der Waals surface area contributed by atoms with Gasteiger partial charge in [0.05, 0.1) is 11.1 Å². The molecule has 0 atom stereocenters. The van der Waals surface area contributed by atoms with Crippen LogP contribution in [0, 0.1) is 13.8 Å². The van der Waals surface area contributed by atoms with E-state index in [9.17, 15) is 0 Å². The second-order valence-corrected chi connectivity index (χ2v) is 21.3. The van der Waals surface area contributed by atoms with Gasteiger partial charge in [0, 0.05) is 43.3 Å². The van der Waals surface area contributed by atoms with E-state index in [1.54, 1.807) is 0 Å². The molecular formula is C63H47BN2S. The minimum Gasteiger partial charge on any atom is -0.311 e. The highest BCUT2D eigenvalue weighted by atomic mass is 32.1. The Labute approximate surface area is 397 Å². The highest BCUT2D eigenvalue weighted by Gasteiger charge is 2.53. The van der Waals surface area contributed by atoms with Crippen molar-refractivity contribution in [1.82, 2.24) is 0 Å². The van der Waals surface area contributed by atoms with Gasteiger partial charge in [-0.1, -0.05) is 166 Å². The highest BCUT2D eigenvalue weighted by molar-refractivity contribution is 7.33. The van der Waals surface area contributed by atoms with Crippen LogP contribution in [-0.2, 0) is 10.8 Å². The lowest BCUT2D eigenvalue weighted by atomic mass is 9.36. The number of hydrogen-bond acceptors (Lipinski definition) is 3. The Balaban J connectivity index is 1.09. The maximum atomic E-state index is 2.63. The zero-order valence-corrected chi connectivity index (χ0v) is 39.2. The fourth-order valence-corrected chi connectivity index (χ4v) is 13.7. The third-order valence-corrected chi connectivity index (χ3v) is 16.5. The molecule has 1 spiro atoms. The zero-order valence-electron chi connectivity index (χ0n) is 38.4. The largest absolute Gasteiger partial charge is 0.311 e. The number of thiophene rings is 1. The summed E-state index contributed by atoms with van der Waals surface area (Å²) in [5, 5.41) is 1.31. The first kappa shape index (κ1) is 38.8. The molecular weight excluding hydrogens is 828 g/mol. The lowest BCUT2D eigenvalue weighted by Crippen LogP contribution is -2.60. The summed E-state index contributed by atoms with van der Waals surface area (Å²) in [6.45, 7) is 11.5. The molecule has 0 fully saturated rings. The topological polar surface area (TPSA) is 6.48 Å². The number of para-hydroxylation sites is 1. The number of fused-ring (bicyclic) bond motifs is 16. The summed E-state index contributed by atoms with van der Waals surface area (Å²) in [6.07, 6.45) is 0. The van der Waals surface area contributed by atoms with Crippen LogP contribution in [0.5, 0.6) is 0 Å². The maximum absolute atomic E-state index is 2.63. The Kier molecular flexibility index (Phi) is 8.01. The van der Waals surface area contributed by atoms with Gasteiger partial charge in [-0.2, -0.15) is 0 Å². The first-order valence-corrected chi connectivity index (χ1v) is 24.5. The predicted octanol–water partition coefficient (Wildman–Crippen LogP) is 14.9. The van der Waals surface area contributed by atoms with Crippen molar-refractivity contribution < 1.29 is 0 Å². The smallest absolute Gasteiger partial charge is 0.264 e. The molecule has 2 aliphatic heterocycles. The second kappa shape index (κ2) is 13.8. The molecule has 0 unspecified atom stereocenters. The lowest BCUT2D eigenvalue weighted by Gasteiger charge is -2.43. The number of rotatable bonds is 3. The van der Waals surface area contributed by atoms with Gasteiger partial charge in [-0.25, -0.2) is 0 Å². The molecule has 4 heteroatoms. The Hall–Kier alpha value is -7.40. The van der Waals surface area contributed by atoms with Crippen molar-refractivity contribution in [2.75, 3.05) is 9.80 Å². The third kappa shape index (κ3) is 5.28. The Morgan fingerprint density at radius 2 is 1.07 bits per heavy atom. The fourth-order valence-electron chi connectivity index (χ4n) is 12.4. The summed E-state index contributed by atoms with van der Waals surface area (Å²) in [4.78, 5) is 5.16. The standard InChI is InChI=1S/C63H47BN2S/c1-38-24-30-47-48-36-49-58(37-53(48)63(52(47)32-38)50-22-14-12-20-45(50)46-21-13-15-23-51(46)63)67-61-60(49)66(44-28-26-42(27-29-44)62(3,4)5)57-34-39(2)33-56-59(57)64(61)54-31-25-41(40-16-8-6-9-17-40)35-55(54)65(56)43-18-10-7-11-19-43/h6-37H,1-5H3. The monoisotopic (exact) mass is 874 g/mol. The molecule has 14 rings (SSSR count). The third-order valence-electron chi connectivity index (χ3n) is 15.3. The first-order chi connectivity index (χ1) is 32.7. The molecule has 0 amide bonds. The number of anilines is 6. The second-order valence-electron chi connectivity index (χ2n) is 20.2. The van der Waals surface area contributed by atoms with E-state index in [-0.39, 0.29) is 12.1 Å². The van der Waals surface area contributed by atoms with Gasteiger partial charge >= 0.3 is 0 Å². The zero-order chi connectivity index (χ0) is 44.9. The van der Waals surface area contributed by atoms with Crippen molar-refractivity contribution >= 4 is 78.0 Å². The van der Waals surface area contributed by atoms with Crippen LogP contribution < -0.4 is 25.5 Å². The molecule has 10 aromatic rings. The summed E-state index contributed by atoms with van der Waals surface area (Å²) in [5.74, 6) is 0. The van der Waals surface area contributed by atoms with Crippen LogP contribution in [0.1, 0.15) is 59.7 Å². The van der Waals surface area contributed by atoms with Gasteiger partial charge in [-0.05, 0) is 152 Å². The van der Waals surface area contributed by atoms with E-state index in [1.807, 2.05) is 11.3 Å². The molecule has 2 nitrogen and oxygen atoms in total. The molecule has 9 aromatic carbocycles. The van der Waals surface area contributed by atoms with Crippen LogP contribution in [0.2, 0.25) is 0 Å². The summed E-state index contributed by atoms with van der Waals surface area (Å²) in [7, 11) is 0. The first-order valence-electron chi connectivity index (χ1n) is 23.7. The predicted molar refractivity (Wildman–Crippen MR) is 286 cm³/mol. The maximum Gasteiger partial charge on any atom is 0.264 e. The van der Waals surface area contributed by atoms with Gasteiger partial charge in [0.15, 0.2) is 0 Å². The number of hydrogen-bond donors (Lipinski definition) is 0. The lowest BCUT2D eigenvalue weighted by molar-refractivity contribution is 0.590. The van der Waals surface area contributed by atoms with Gasteiger partial charge in [-0.3, -0.25) is 0 Å². The van der Waals surface area contributed by atoms with Crippen molar-refractivity contribution in [2.45, 2.75) is 45.4 Å². The van der Waals surface area contributed by atoms with E-state index in [0.29, 0.717) is 0 Å². The van der Waals surface area contributed by atoms with Crippen LogP contribution in [0.15, 0.2) is 194 Å². The van der Waals surface area contributed by atoms with Crippen LogP contribution in [0.25, 0.3) is 43.5 Å². The van der Waals surface area contributed by atoms with Crippen molar-refractivity contribution in [3.63, 3.8) is 0 Å². The summed E-state index contributed by atoms with van der Waals surface area (Å²) >= 11 is 2.00. The normalized spacial score (nSPS) is 14.4. The quantitative estimate of drug-likeness (QED) is 0.163. The summed E-state index contributed by atoms with van der Waals surface area (Å²) in [5.41, 5.74) is 26.9. The average Bonchev–Trinajstić information content (AvgIpc) is 3.96. The van der Waals surface area contributed by atoms with E-state index in [2.05, 4.69) is 239 Å². The van der Waals surface area contributed by atoms with Crippen LogP contribution in [0.3, 0.4) is 0 Å². The molecule has 0 bridgehead atoms. The van der Waals surface area contributed by atoms with Gasteiger partial charge in [0.2, 0.25) is 0 Å². The Bertz CT molecular complexity index is 3660. The molecule has 318 valence electrons. The molecule has 0 saturated carbocycles. The molecule has 67 heavy (non-hydrogen) atoms. The van der Waals surface area contributed by atoms with Crippen LogP contribution in [-0.4, -0.2) is 6.71 Å². The molecule has 0 radical (unpaired) electrons. The van der Waals surface area contributed by atoms with Crippen molar-refractivity contribution in [3.8, 4) is 33.4 Å². The Morgan fingerprint density at radius 1 is 0.463 bits per heavy atom. The minimum absolute atomic E-state index is 0.0227. The van der Waals surface area contributed by atoms with Crippen LogP contribution in [0.4, 0.5) is 34.1 Å². The van der Waals surface area contributed by atoms with E-state index in [4.69, 9.17) is 0 Å². The molecule has 0 N–H and O–H groups in total. The molecule has 4 aliphatic rings. The van der Waals surface area contributed by atoms with Crippen molar-refractivity contribution in [1.29, 1.82) is 0 Å². The van der Waals surface area contributed by atoms with Gasteiger partial charge < -0.3 is 9.80 Å². The number of aryl methyl sites for hydroxylation is 2. The summed E-state index contributed by atoms with van der Waals surface area (Å²) < 4.78 is 2.72. The highest BCUT2D eigenvalue weighted by Crippen LogP contribution is 2.64. The van der Waals surface area contributed by atoms with Crippen molar-refractivity contribution in [2.24, 2.45) is 0 Å². The minimum atomic E-state index is -0.417. The average molecular weight is 875 g/mol. The fraction of sp³-hybridized carbons (Fsp3) is 0.111. The molecule has 3 heterocycles. The van der Waals surface area contributed by atoms with E-state index in [1.165, 1.54) is 127 Å². The van der Waals surface area contributed by atoms with Crippen molar-refractivity contribution in [3.05, 3.63) is 233 Å². The van der Waals surface area contributed by atoms with E-state index >= 15 is 0 Å². The summed E-state index contributed by atoms with van der Waals surface area (Å²) in [6, 6.07) is 74.1. The van der Waals surface area contributed by atoms with Crippen LogP contribution >= 0.6 is 11.3 Å². The van der Waals surface area contributed by atoms with Gasteiger partial charge in [-0.15, -0.1) is 11.3 Å². The SMILES string of the molecule is Cc1cc2c3c(c1)N(c1ccc(C(C)(C)C)cc1)c1c(sc4cc5c(cc14)-c1ccc(C)cc1C51c4ccccc4-c4ccccc41)B3c1ccc(-c3ccccc3)cc1N2c1ccccc1. The number of nitrogens with zero attached hydrogens (tertiary/aromatic N) is 2. The van der Waals surface area contributed by atoms with Gasteiger partial charge in [0.1, 0.15) is 0 Å². The molecule has 1 aromatic heterocycles. The molecule has 0 saturated heterocycles. The molecule has 2 aliphatic carbocycles. The number of benzene rings is 9. The Morgan fingerprint density at radius 3 is 1.78 bits per heavy atom. The van der Waals surface area contributed by atoms with E-state index in [0.717, 1.165) is 5.69 Å². The van der Waals surface area contributed by atoms with Gasteiger partial charge in [0.25, 0.3) is 6.71 Å².